The minimum Gasteiger partial charge on any atom is -0.495 e. The van der Waals surface area contributed by atoms with Crippen LogP contribution in [0.5, 0.6) is 5.75 Å². The van der Waals surface area contributed by atoms with Gasteiger partial charge in [0, 0.05) is 13.1 Å². The fourth-order valence-corrected chi connectivity index (χ4v) is 2.32. The van der Waals surface area contributed by atoms with E-state index < -0.39 is 10.0 Å². The second kappa shape index (κ2) is 7.69. The van der Waals surface area contributed by atoms with Crippen LogP contribution >= 0.6 is 11.6 Å². The summed E-state index contributed by atoms with van der Waals surface area (Å²) in [7, 11) is -1.51. The lowest BCUT2D eigenvalue weighted by Gasteiger charge is -2.08. The predicted molar refractivity (Wildman–Crippen MR) is 77.2 cm³/mol. The van der Waals surface area contributed by atoms with Crippen molar-refractivity contribution < 1.29 is 13.2 Å². The Bertz CT molecular complexity index is 506. The molecule has 0 radical (unpaired) electrons. The zero-order chi connectivity index (χ0) is 14.3. The summed E-state index contributed by atoms with van der Waals surface area (Å²) in [5, 5.41) is 3.80. The summed E-state index contributed by atoms with van der Waals surface area (Å²) in [5.41, 5.74) is 1.06. The number of methoxy groups -OCH3 is 1. The highest BCUT2D eigenvalue weighted by atomic mass is 35.5. The number of halogens is 1. The van der Waals surface area contributed by atoms with Crippen molar-refractivity contribution in [2.45, 2.75) is 13.0 Å². The summed E-state index contributed by atoms with van der Waals surface area (Å²) in [6.45, 7) is 1.85. The summed E-state index contributed by atoms with van der Waals surface area (Å²) < 4.78 is 29.2. The maximum Gasteiger partial charge on any atom is 0.208 e. The highest BCUT2D eigenvalue weighted by molar-refractivity contribution is 7.88. The Morgan fingerprint density at radius 2 is 2.05 bits per heavy atom. The number of hydrogen-bond acceptors (Lipinski definition) is 4. The van der Waals surface area contributed by atoms with E-state index in [2.05, 4.69) is 10.0 Å². The molecule has 1 aromatic carbocycles. The molecule has 0 unspecified atom stereocenters. The van der Waals surface area contributed by atoms with Crippen molar-refractivity contribution in [2.24, 2.45) is 0 Å². The highest BCUT2D eigenvalue weighted by Gasteiger charge is 2.02. The van der Waals surface area contributed by atoms with E-state index in [1.807, 2.05) is 18.2 Å². The summed E-state index contributed by atoms with van der Waals surface area (Å²) in [5.74, 6) is 0.655. The average molecular weight is 307 g/mol. The number of ether oxygens (including phenoxy) is 1. The molecule has 7 heteroatoms. The van der Waals surface area contributed by atoms with Crippen LogP contribution in [0.1, 0.15) is 12.0 Å². The highest BCUT2D eigenvalue weighted by Crippen LogP contribution is 2.24. The second-order valence-electron chi connectivity index (χ2n) is 4.17. The fourth-order valence-electron chi connectivity index (χ4n) is 1.52. The molecule has 0 fully saturated rings. The van der Waals surface area contributed by atoms with Crippen molar-refractivity contribution >= 4 is 21.6 Å². The first kappa shape index (κ1) is 16.2. The van der Waals surface area contributed by atoms with Gasteiger partial charge in [0.2, 0.25) is 10.0 Å². The first-order valence-corrected chi connectivity index (χ1v) is 8.17. The van der Waals surface area contributed by atoms with Crippen molar-refractivity contribution in [3.05, 3.63) is 28.8 Å². The molecular formula is C12H19ClN2O3S. The number of hydrogen-bond donors (Lipinski definition) is 2. The number of nitrogens with one attached hydrogen (secondary N) is 2. The Hall–Kier alpha value is -0.820. The van der Waals surface area contributed by atoms with E-state index in [0.29, 0.717) is 23.9 Å². The zero-order valence-corrected chi connectivity index (χ0v) is 12.6. The van der Waals surface area contributed by atoms with Gasteiger partial charge in [-0.3, -0.25) is 0 Å². The molecule has 19 heavy (non-hydrogen) atoms. The minimum absolute atomic E-state index is 0.440. The molecule has 1 aromatic rings. The van der Waals surface area contributed by atoms with Gasteiger partial charge in [-0.05, 0) is 30.7 Å². The Kier molecular flexibility index (Phi) is 6.57. The van der Waals surface area contributed by atoms with E-state index in [4.69, 9.17) is 16.3 Å². The standard InChI is InChI=1S/C12H19ClN2O3S/c1-18-12-5-4-10(8-11(12)13)9-14-6-3-7-15-19(2,16)17/h4-5,8,14-15H,3,6-7,9H2,1-2H3. The van der Waals surface area contributed by atoms with Crippen molar-refractivity contribution in [2.75, 3.05) is 26.5 Å². The minimum atomic E-state index is -3.09. The van der Waals surface area contributed by atoms with Crippen LogP contribution in [-0.4, -0.2) is 34.9 Å². The number of benzene rings is 1. The molecule has 0 saturated carbocycles. The van der Waals surface area contributed by atoms with Gasteiger partial charge in [-0.15, -0.1) is 0 Å². The lowest BCUT2D eigenvalue weighted by atomic mass is 10.2. The summed E-state index contributed by atoms with van der Waals surface area (Å²) in [6, 6.07) is 5.61. The molecule has 0 aromatic heterocycles. The molecule has 0 amide bonds. The van der Waals surface area contributed by atoms with Gasteiger partial charge < -0.3 is 10.1 Å². The number of sulfonamides is 1. The van der Waals surface area contributed by atoms with Crippen molar-refractivity contribution in [3.8, 4) is 5.75 Å². The summed E-state index contributed by atoms with van der Waals surface area (Å²) in [4.78, 5) is 0. The van der Waals surface area contributed by atoms with Gasteiger partial charge in [-0.25, -0.2) is 13.1 Å². The van der Waals surface area contributed by atoms with Gasteiger partial charge in [0.15, 0.2) is 0 Å². The maximum atomic E-state index is 10.8. The topological polar surface area (TPSA) is 67.4 Å². The van der Waals surface area contributed by atoms with Crippen LogP contribution in [0.25, 0.3) is 0 Å². The van der Waals surface area contributed by atoms with Gasteiger partial charge in [-0.2, -0.15) is 0 Å². The van der Waals surface area contributed by atoms with Crippen molar-refractivity contribution in [1.29, 1.82) is 0 Å². The van der Waals surface area contributed by atoms with Crippen LogP contribution in [0.3, 0.4) is 0 Å². The van der Waals surface area contributed by atoms with Crippen LogP contribution in [0.4, 0.5) is 0 Å². The van der Waals surface area contributed by atoms with Crippen LogP contribution in [-0.2, 0) is 16.6 Å². The monoisotopic (exact) mass is 306 g/mol. The largest absolute Gasteiger partial charge is 0.495 e. The predicted octanol–water partition coefficient (Wildman–Crippen LogP) is 1.38. The molecule has 0 bridgehead atoms. The Balaban J connectivity index is 2.24. The SMILES string of the molecule is COc1ccc(CNCCCNS(C)(=O)=O)cc1Cl. The van der Waals surface area contributed by atoms with Gasteiger partial charge >= 0.3 is 0 Å². The Morgan fingerprint density at radius 1 is 1.32 bits per heavy atom. The molecular weight excluding hydrogens is 288 g/mol. The van der Waals surface area contributed by atoms with Crippen LogP contribution < -0.4 is 14.8 Å². The van der Waals surface area contributed by atoms with Gasteiger partial charge in [0.1, 0.15) is 5.75 Å². The lowest BCUT2D eigenvalue weighted by Crippen LogP contribution is -2.26. The smallest absolute Gasteiger partial charge is 0.208 e. The van der Waals surface area contributed by atoms with Gasteiger partial charge in [-0.1, -0.05) is 17.7 Å². The number of rotatable bonds is 8. The van der Waals surface area contributed by atoms with Crippen LogP contribution in [0.2, 0.25) is 5.02 Å². The molecule has 0 atom stereocenters. The van der Waals surface area contributed by atoms with Gasteiger partial charge in [0.05, 0.1) is 18.4 Å². The van der Waals surface area contributed by atoms with E-state index in [0.717, 1.165) is 24.8 Å². The molecule has 0 spiro atoms. The molecule has 0 aliphatic carbocycles. The Labute approximate surface area is 119 Å². The normalized spacial score (nSPS) is 11.5. The molecule has 0 aliphatic heterocycles. The van der Waals surface area contributed by atoms with E-state index >= 15 is 0 Å². The first-order chi connectivity index (χ1) is 8.92. The Morgan fingerprint density at radius 3 is 2.63 bits per heavy atom. The molecule has 2 N–H and O–H groups in total. The summed E-state index contributed by atoms with van der Waals surface area (Å²) >= 11 is 6.01. The quantitative estimate of drug-likeness (QED) is 0.712. The third-order valence-corrected chi connectivity index (χ3v) is 3.46. The van der Waals surface area contributed by atoms with Crippen LogP contribution in [0, 0.1) is 0 Å². The van der Waals surface area contributed by atoms with Gasteiger partial charge in [0.25, 0.3) is 0 Å². The lowest BCUT2D eigenvalue weighted by molar-refractivity contribution is 0.415. The van der Waals surface area contributed by atoms with Crippen molar-refractivity contribution in [1.82, 2.24) is 10.0 Å². The van der Waals surface area contributed by atoms with E-state index in [-0.39, 0.29) is 0 Å². The zero-order valence-electron chi connectivity index (χ0n) is 11.1. The second-order valence-corrected chi connectivity index (χ2v) is 6.41. The average Bonchev–Trinajstić information content (AvgIpc) is 2.32. The fraction of sp³-hybridized carbons (Fsp3) is 0.500. The molecule has 108 valence electrons. The summed E-state index contributed by atoms with van der Waals surface area (Å²) in [6.07, 6.45) is 1.89. The molecule has 0 aliphatic rings. The molecule has 0 saturated heterocycles. The van der Waals surface area contributed by atoms with E-state index in [9.17, 15) is 8.42 Å². The van der Waals surface area contributed by atoms with Crippen molar-refractivity contribution in [3.63, 3.8) is 0 Å². The van der Waals surface area contributed by atoms with E-state index in [1.54, 1.807) is 7.11 Å². The maximum absolute atomic E-state index is 10.8. The first-order valence-electron chi connectivity index (χ1n) is 5.90. The molecule has 5 nitrogen and oxygen atoms in total. The third-order valence-electron chi connectivity index (χ3n) is 2.44. The van der Waals surface area contributed by atoms with E-state index in [1.165, 1.54) is 0 Å². The third kappa shape index (κ3) is 6.77. The molecule has 0 heterocycles. The van der Waals surface area contributed by atoms with Crippen LogP contribution in [0.15, 0.2) is 18.2 Å². The molecule has 1 rings (SSSR count).